The molecule has 0 aromatic heterocycles. The highest BCUT2D eigenvalue weighted by Gasteiger charge is 2.13. The Hall–Kier alpha value is -2.91. The number of hydrogen-bond donors (Lipinski definition) is 3. The summed E-state index contributed by atoms with van der Waals surface area (Å²) in [5, 5.41) is 16.6. The number of carbonyl (C=O) groups is 2. The minimum atomic E-state index is -3.80. The maximum atomic E-state index is 11.9. The number of primary sulfonamides is 1. The van der Waals surface area contributed by atoms with Gasteiger partial charge in [0.1, 0.15) is 11.3 Å². The Balaban J connectivity index is 2.02. The third-order valence-electron chi connectivity index (χ3n) is 3.19. The molecule has 0 aliphatic heterocycles. The Morgan fingerprint density at radius 1 is 1.16 bits per heavy atom. The van der Waals surface area contributed by atoms with Crippen molar-refractivity contribution in [2.45, 2.75) is 11.8 Å². The normalized spacial score (nSPS) is 11.0. The van der Waals surface area contributed by atoms with Gasteiger partial charge in [-0.25, -0.2) is 18.4 Å². The van der Waals surface area contributed by atoms with Gasteiger partial charge in [0, 0.05) is 5.69 Å². The van der Waals surface area contributed by atoms with Gasteiger partial charge in [-0.3, -0.25) is 4.79 Å². The van der Waals surface area contributed by atoms with Crippen molar-refractivity contribution in [1.82, 2.24) is 0 Å². The van der Waals surface area contributed by atoms with Crippen molar-refractivity contribution < 1.29 is 27.9 Å². The van der Waals surface area contributed by atoms with E-state index in [0.717, 1.165) is 5.56 Å². The van der Waals surface area contributed by atoms with Gasteiger partial charge < -0.3 is 15.2 Å². The minimum Gasteiger partial charge on any atom is -0.483 e. The fourth-order valence-corrected chi connectivity index (χ4v) is 2.51. The number of ether oxygens (including phenoxy) is 1. The zero-order valence-electron chi connectivity index (χ0n) is 13.2. The second kappa shape index (κ2) is 7.32. The third-order valence-corrected chi connectivity index (χ3v) is 4.12. The zero-order chi connectivity index (χ0) is 18.6. The van der Waals surface area contributed by atoms with Gasteiger partial charge in [0.15, 0.2) is 6.61 Å². The summed E-state index contributed by atoms with van der Waals surface area (Å²) < 4.78 is 27.6. The second-order valence-electron chi connectivity index (χ2n) is 5.21. The number of carboxylic acid groups (broad SMARTS) is 1. The average Bonchev–Trinajstić information content (AvgIpc) is 2.52. The van der Waals surface area contributed by atoms with Crippen LogP contribution in [0.25, 0.3) is 0 Å². The van der Waals surface area contributed by atoms with E-state index >= 15 is 0 Å². The molecule has 132 valence electrons. The molecule has 0 fully saturated rings. The zero-order valence-corrected chi connectivity index (χ0v) is 14.0. The van der Waals surface area contributed by atoms with Crippen LogP contribution < -0.4 is 15.2 Å². The number of amides is 1. The van der Waals surface area contributed by atoms with E-state index in [0.29, 0.717) is 5.69 Å². The third kappa shape index (κ3) is 5.03. The molecule has 4 N–H and O–H groups in total. The molecule has 0 radical (unpaired) electrons. The monoisotopic (exact) mass is 364 g/mol. The average molecular weight is 364 g/mol. The highest BCUT2D eigenvalue weighted by molar-refractivity contribution is 7.89. The van der Waals surface area contributed by atoms with Crippen LogP contribution in [0, 0.1) is 6.92 Å². The number of benzene rings is 2. The first-order valence-corrected chi connectivity index (χ1v) is 8.61. The first-order valence-electron chi connectivity index (χ1n) is 7.06. The van der Waals surface area contributed by atoms with E-state index in [4.69, 9.17) is 15.0 Å². The molecule has 0 atom stereocenters. The molecule has 2 aromatic rings. The lowest BCUT2D eigenvalue weighted by Gasteiger charge is -2.10. The molecule has 0 saturated carbocycles. The van der Waals surface area contributed by atoms with Gasteiger partial charge in [0.2, 0.25) is 10.0 Å². The van der Waals surface area contributed by atoms with Crippen LogP contribution in [-0.2, 0) is 14.8 Å². The molecule has 9 heteroatoms. The number of hydrogen-bond acceptors (Lipinski definition) is 5. The van der Waals surface area contributed by atoms with E-state index in [9.17, 15) is 18.0 Å². The van der Waals surface area contributed by atoms with Gasteiger partial charge in [-0.1, -0.05) is 6.07 Å². The SMILES string of the molecule is Cc1ccc(C(=O)O)c(OCC(=O)Nc2ccc(S(N)(=O)=O)cc2)c1. The van der Waals surface area contributed by atoms with Crippen LogP contribution in [0.3, 0.4) is 0 Å². The highest BCUT2D eigenvalue weighted by atomic mass is 32.2. The fraction of sp³-hybridized carbons (Fsp3) is 0.125. The summed E-state index contributed by atoms with van der Waals surface area (Å²) in [6, 6.07) is 9.84. The first kappa shape index (κ1) is 18.4. The van der Waals surface area contributed by atoms with Gasteiger partial charge >= 0.3 is 5.97 Å². The summed E-state index contributed by atoms with van der Waals surface area (Å²) in [4.78, 5) is 23.0. The second-order valence-corrected chi connectivity index (χ2v) is 6.77. The van der Waals surface area contributed by atoms with Crippen molar-refractivity contribution in [2.24, 2.45) is 5.14 Å². The van der Waals surface area contributed by atoms with Crippen LogP contribution >= 0.6 is 0 Å². The van der Waals surface area contributed by atoms with Gasteiger partial charge in [0.05, 0.1) is 4.90 Å². The van der Waals surface area contributed by atoms with Crippen LogP contribution in [0.1, 0.15) is 15.9 Å². The Kier molecular flexibility index (Phi) is 5.40. The van der Waals surface area contributed by atoms with Crippen molar-refractivity contribution in [3.05, 3.63) is 53.6 Å². The predicted octanol–water partition coefficient (Wildman–Crippen LogP) is 1.36. The number of rotatable bonds is 6. The molecule has 0 spiro atoms. The van der Waals surface area contributed by atoms with Crippen LogP contribution in [0.4, 0.5) is 5.69 Å². The summed E-state index contributed by atoms with van der Waals surface area (Å²) in [7, 11) is -3.80. The van der Waals surface area contributed by atoms with Crippen LogP contribution in [0.5, 0.6) is 5.75 Å². The highest BCUT2D eigenvalue weighted by Crippen LogP contribution is 2.20. The number of aromatic carboxylic acids is 1. The van der Waals surface area contributed by atoms with Crippen LogP contribution in [0.2, 0.25) is 0 Å². The van der Waals surface area contributed by atoms with E-state index in [-0.39, 0.29) is 16.2 Å². The lowest BCUT2D eigenvalue weighted by molar-refractivity contribution is -0.118. The molecular weight excluding hydrogens is 348 g/mol. The quantitative estimate of drug-likeness (QED) is 0.708. The molecule has 8 nitrogen and oxygen atoms in total. The number of anilines is 1. The minimum absolute atomic E-state index is 0.0455. The van der Waals surface area contributed by atoms with Crippen molar-refractivity contribution in [3.8, 4) is 5.75 Å². The molecular formula is C16H16N2O6S. The maximum absolute atomic E-state index is 11.9. The van der Waals surface area contributed by atoms with Crippen LogP contribution in [0.15, 0.2) is 47.4 Å². The molecule has 2 rings (SSSR count). The molecule has 0 aliphatic rings. The van der Waals surface area contributed by atoms with Gasteiger partial charge in [0.25, 0.3) is 5.91 Å². The summed E-state index contributed by atoms with van der Waals surface area (Å²) in [6.07, 6.45) is 0. The molecule has 0 bridgehead atoms. The lowest BCUT2D eigenvalue weighted by Crippen LogP contribution is -2.21. The summed E-state index contributed by atoms with van der Waals surface area (Å²) in [5.41, 5.74) is 1.10. The Morgan fingerprint density at radius 3 is 2.36 bits per heavy atom. The van der Waals surface area contributed by atoms with Crippen molar-refractivity contribution in [2.75, 3.05) is 11.9 Å². The van der Waals surface area contributed by atoms with E-state index in [2.05, 4.69) is 5.32 Å². The Bertz CT molecular complexity index is 907. The fourth-order valence-electron chi connectivity index (χ4n) is 1.99. The van der Waals surface area contributed by atoms with E-state index < -0.39 is 28.5 Å². The topological polar surface area (TPSA) is 136 Å². The van der Waals surface area contributed by atoms with Crippen molar-refractivity contribution >= 4 is 27.6 Å². The Labute approximate surface area is 144 Å². The lowest BCUT2D eigenvalue weighted by atomic mass is 10.1. The van der Waals surface area contributed by atoms with E-state index in [1.54, 1.807) is 13.0 Å². The van der Waals surface area contributed by atoms with Gasteiger partial charge in [-0.15, -0.1) is 0 Å². The Morgan fingerprint density at radius 2 is 1.80 bits per heavy atom. The molecule has 0 unspecified atom stereocenters. The van der Waals surface area contributed by atoms with Crippen molar-refractivity contribution in [1.29, 1.82) is 0 Å². The van der Waals surface area contributed by atoms with Gasteiger partial charge in [-0.2, -0.15) is 0 Å². The number of carbonyl (C=O) groups excluding carboxylic acids is 1. The number of carboxylic acids is 1. The largest absolute Gasteiger partial charge is 0.483 e. The molecule has 25 heavy (non-hydrogen) atoms. The summed E-state index contributed by atoms with van der Waals surface area (Å²) >= 11 is 0. The number of nitrogens with two attached hydrogens (primary N) is 1. The van der Waals surface area contributed by atoms with Crippen molar-refractivity contribution in [3.63, 3.8) is 0 Å². The predicted molar refractivity (Wildman–Crippen MR) is 90.1 cm³/mol. The number of sulfonamides is 1. The summed E-state index contributed by atoms with van der Waals surface area (Å²) in [5.74, 6) is -1.59. The standard InChI is InChI=1S/C16H16N2O6S/c1-10-2-7-13(16(20)21)14(8-10)24-9-15(19)18-11-3-5-12(6-4-11)25(17,22)23/h2-8H,9H2,1H3,(H,18,19)(H,20,21)(H2,17,22,23). The first-order chi connectivity index (χ1) is 11.7. The molecule has 0 aliphatic carbocycles. The van der Waals surface area contributed by atoms with Gasteiger partial charge in [-0.05, 0) is 48.9 Å². The molecule has 2 aromatic carbocycles. The summed E-state index contributed by atoms with van der Waals surface area (Å²) in [6.45, 7) is 1.37. The number of nitrogens with one attached hydrogen (secondary N) is 1. The smallest absolute Gasteiger partial charge is 0.339 e. The van der Waals surface area contributed by atoms with Crippen LogP contribution in [-0.4, -0.2) is 32.0 Å². The maximum Gasteiger partial charge on any atom is 0.339 e. The van der Waals surface area contributed by atoms with E-state index in [1.807, 2.05) is 0 Å². The number of aryl methyl sites for hydroxylation is 1. The molecule has 1 amide bonds. The molecule has 0 saturated heterocycles. The van der Waals surface area contributed by atoms with E-state index in [1.165, 1.54) is 36.4 Å². The molecule has 0 heterocycles.